The summed E-state index contributed by atoms with van der Waals surface area (Å²) in [5.74, 6) is 0.733. The van der Waals surface area contributed by atoms with E-state index in [2.05, 4.69) is 5.32 Å². The van der Waals surface area contributed by atoms with Gasteiger partial charge in [0.05, 0.1) is 26.5 Å². The number of halogens is 1. The molecule has 2 aromatic rings. The molecule has 0 radical (unpaired) electrons. The minimum atomic E-state index is -0.434. The molecule has 0 fully saturated rings. The Morgan fingerprint density at radius 3 is 2.52 bits per heavy atom. The predicted octanol–water partition coefficient (Wildman–Crippen LogP) is 2.84. The van der Waals surface area contributed by atoms with Gasteiger partial charge in [-0.25, -0.2) is 4.39 Å². The van der Waals surface area contributed by atoms with E-state index in [1.54, 1.807) is 32.4 Å². The zero-order chi connectivity index (χ0) is 17.8. The van der Waals surface area contributed by atoms with Crippen molar-refractivity contribution < 1.29 is 18.7 Å². The van der Waals surface area contributed by atoms with Gasteiger partial charge in [-0.15, -0.1) is 0 Å². The van der Waals surface area contributed by atoms with Gasteiger partial charge in [0.15, 0.2) is 11.5 Å². The van der Waals surface area contributed by atoms with E-state index in [1.807, 2.05) is 17.0 Å². The van der Waals surface area contributed by atoms with Gasteiger partial charge in [0.1, 0.15) is 5.82 Å². The van der Waals surface area contributed by atoms with Crippen LogP contribution in [0, 0.1) is 5.82 Å². The summed E-state index contributed by atoms with van der Waals surface area (Å²) in [6.45, 7) is 1.61. The molecule has 0 saturated heterocycles. The summed E-state index contributed by atoms with van der Waals surface area (Å²) in [6.07, 6.45) is 0.822. The van der Waals surface area contributed by atoms with Gasteiger partial charge < -0.3 is 14.8 Å². The first-order chi connectivity index (χ1) is 12.1. The molecule has 1 aliphatic rings. The highest BCUT2D eigenvalue weighted by Crippen LogP contribution is 2.33. The van der Waals surface area contributed by atoms with E-state index >= 15 is 0 Å². The third-order valence-electron chi connectivity index (χ3n) is 4.31. The lowest BCUT2D eigenvalue weighted by molar-refractivity contribution is -0.117. The van der Waals surface area contributed by atoms with E-state index in [1.165, 1.54) is 11.6 Å². The van der Waals surface area contributed by atoms with Gasteiger partial charge in [-0.3, -0.25) is 9.69 Å². The standard InChI is InChI=1S/C19H21FN2O3/c1-24-17-9-13-7-8-22(11-14(13)10-18(17)25-2)12-19(23)21-16-6-4-3-5-15(16)20/h3-6,9-10H,7-8,11-12H2,1-2H3,(H,21,23). The van der Waals surface area contributed by atoms with Gasteiger partial charge in [-0.1, -0.05) is 12.1 Å². The Balaban J connectivity index is 1.66. The second-order valence-electron chi connectivity index (χ2n) is 5.96. The summed E-state index contributed by atoms with van der Waals surface area (Å²) in [5.41, 5.74) is 2.52. The van der Waals surface area contributed by atoms with Crippen molar-refractivity contribution >= 4 is 11.6 Å². The Hall–Kier alpha value is -2.60. The highest BCUT2D eigenvalue weighted by atomic mass is 19.1. The molecule has 0 bridgehead atoms. The SMILES string of the molecule is COc1cc2c(cc1OC)CN(CC(=O)Nc1ccccc1F)CC2. The minimum absolute atomic E-state index is 0.205. The molecule has 1 N–H and O–H groups in total. The smallest absolute Gasteiger partial charge is 0.238 e. The van der Waals surface area contributed by atoms with Gasteiger partial charge in [0, 0.05) is 13.1 Å². The van der Waals surface area contributed by atoms with Crippen molar-refractivity contribution in [1.82, 2.24) is 4.90 Å². The lowest BCUT2D eigenvalue weighted by Gasteiger charge is -2.29. The van der Waals surface area contributed by atoms with Crippen molar-refractivity contribution in [2.24, 2.45) is 0 Å². The molecule has 5 nitrogen and oxygen atoms in total. The summed E-state index contributed by atoms with van der Waals surface area (Å²) in [7, 11) is 3.22. The monoisotopic (exact) mass is 344 g/mol. The molecule has 0 saturated carbocycles. The molecule has 6 heteroatoms. The number of nitrogens with zero attached hydrogens (tertiary/aromatic N) is 1. The number of carbonyl (C=O) groups is 1. The molecule has 0 aliphatic carbocycles. The molecule has 1 amide bonds. The maximum absolute atomic E-state index is 13.6. The van der Waals surface area contributed by atoms with Crippen LogP contribution in [0.25, 0.3) is 0 Å². The van der Waals surface area contributed by atoms with Crippen LogP contribution in [0.15, 0.2) is 36.4 Å². The number of benzene rings is 2. The van der Waals surface area contributed by atoms with E-state index < -0.39 is 5.82 Å². The second kappa shape index (κ2) is 7.53. The third-order valence-corrected chi connectivity index (χ3v) is 4.31. The van der Waals surface area contributed by atoms with Crippen LogP contribution >= 0.6 is 0 Å². The van der Waals surface area contributed by atoms with E-state index in [4.69, 9.17) is 9.47 Å². The van der Waals surface area contributed by atoms with Crippen LogP contribution < -0.4 is 14.8 Å². The molecular formula is C19H21FN2O3. The molecule has 1 heterocycles. The number of hydrogen-bond donors (Lipinski definition) is 1. The average molecular weight is 344 g/mol. The molecule has 0 spiro atoms. The van der Waals surface area contributed by atoms with Crippen molar-refractivity contribution in [3.63, 3.8) is 0 Å². The predicted molar refractivity (Wildman–Crippen MR) is 93.6 cm³/mol. The number of carbonyl (C=O) groups excluding carboxylic acids is 1. The number of para-hydroxylation sites is 1. The fraction of sp³-hybridized carbons (Fsp3) is 0.316. The van der Waals surface area contributed by atoms with Crippen LogP contribution in [0.5, 0.6) is 11.5 Å². The number of ether oxygens (including phenoxy) is 2. The minimum Gasteiger partial charge on any atom is -0.493 e. The van der Waals surface area contributed by atoms with E-state index in [0.717, 1.165) is 18.5 Å². The third kappa shape index (κ3) is 3.91. The highest BCUT2D eigenvalue weighted by Gasteiger charge is 2.21. The van der Waals surface area contributed by atoms with Crippen LogP contribution in [0.2, 0.25) is 0 Å². The van der Waals surface area contributed by atoms with Crippen molar-refractivity contribution in [2.45, 2.75) is 13.0 Å². The summed E-state index contributed by atoms with van der Waals surface area (Å²) < 4.78 is 24.3. The topological polar surface area (TPSA) is 50.8 Å². The number of anilines is 1. The molecule has 0 atom stereocenters. The molecule has 3 rings (SSSR count). The Bertz CT molecular complexity index is 779. The quantitative estimate of drug-likeness (QED) is 0.906. The zero-order valence-electron chi connectivity index (χ0n) is 14.3. The lowest BCUT2D eigenvalue weighted by Crippen LogP contribution is -2.37. The summed E-state index contributed by atoms with van der Waals surface area (Å²) in [6, 6.07) is 10.1. The van der Waals surface area contributed by atoms with Crippen LogP contribution in [0.4, 0.5) is 10.1 Å². The maximum atomic E-state index is 13.6. The highest BCUT2D eigenvalue weighted by molar-refractivity contribution is 5.92. The van der Waals surface area contributed by atoms with Crippen molar-refractivity contribution in [3.8, 4) is 11.5 Å². The van der Waals surface area contributed by atoms with Gasteiger partial charge in [-0.05, 0) is 41.8 Å². The fourth-order valence-corrected chi connectivity index (χ4v) is 3.03. The van der Waals surface area contributed by atoms with Crippen LogP contribution in [-0.2, 0) is 17.8 Å². The van der Waals surface area contributed by atoms with Crippen molar-refractivity contribution in [1.29, 1.82) is 0 Å². The van der Waals surface area contributed by atoms with Gasteiger partial charge in [0.2, 0.25) is 5.91 Å². The first kappa shape index (κ1) is 17.2. The summed E-state index contributed by atoms with van der Waals surface area (Å²) >= 11 is 0. The Kier molecular flexibility index (Phi) is 5.19. The van der Waals surface area contributed by atoms with Gasteiger partial charge >= 0.3 is 0 Å². The summed E-state index contributed by atoms with van der Waals surface area (Å²) in [4.78, 5) is 14.2. The van der Waals surface area contributed by atoms with Crippen LogP contribution in [-0.4, -0.2) is 38.1 Å². The first-order valence-corrected chi connectivity index (χ1v) is 8.11. The Labute approximate surface area is 146 Å². The van der Waals surface area contributed by atoms with E-state index in [9.17, 15) is 9.18 Å². The first-order valence-electron chi connectivity index (χ1n) is 8.11. The zero-order valence-corrected chi connectivity index (χ0v) is 14.3. The Morgan fingerprint density at radius 1 is 1.16 bits per heavy atom. The molecule has 25 heavy (non-hydrogen) atoms. The normalized spacial score (nSPS) is 13.9. The molecular weight excluding hydrogens is 323 g/mol. The maximum Gasteiger partial charge on any atom is 0.238 e. The number of methoxy groups -OCH3 is 2. The van der Waals surface area contributed by atoms with Gasteiger partial charge in [-0.2, -0.15) is 0 Å². The lowest BCUT2D eigenvalue weighted by atomic mass is 9.99. The molecule has 132 valence electrons. The number of nitrogens with one attached hydrogen (secondary N) is 1. The number of amides is 1. The number of fused-ring (bicyclic) bond motifs is 1. The van der Waals surface area contributed by atoms with E-state index in [-0.39, 0.29) is 18.1 Å². The molecule has 0 aromatic heterocycles. The molecule has 1 aliphatic heterocycles. The average Bonchev–Trinajstić information content (AvgIpc) is 2.62. The number of rotatable bonds is 5. The largest absolute Gasteiger partial charge is 0.493 e. The Morgan fingerprint density at radius 2 is 1.84 bits per heavy atom. The summed E-state index contributed by atoms with van der Waals surface area (Å²) in [5, 5.41) is 2.62. The molecule has 0 unspecified atom stereocenters. The molecule has 2 aromatic carbocycles. The van der Waals surface area contributed by atoms with Crippen molar-refractivity contribution in [2.75, 3.05) is 32.6 Å². The number of hydrogen-bond acceptors (Lipinski definition) is 4. The van der Waals surface area contributed by atoms with Crippen LogP contribution in [0.3, 0.4) is 0 Å². The van der Waals surface area contributed by atoms with Crippen LogP contribution in [0.1, 0.15) is 11.1 Å². The van der Waals surface area contributed by atoms with E-state index in [0.29, 0.717) is 18.0 Å². The van der Waals surface area contributed by atoms with Gasteiger partial charge in [0.25, 0.3) is 0 Å². The van der Waals surface area contributed by atoms with Crippen molar-refractivity contribution in [3.05, 3.63) is 53.3 Å². The second-order valence-corrected chi connectivity index (χ2v) is 5.96. The fourth-order valence-electron chi connectivity index (χ4n) is 3.03.